The van der Waals surface area contributed by atoms with Gasteiger partial charge in [-0.25, -0.2) is 0 Å². The van der Waals surface area contributed by atoms with Gasteiger partial charge in [0.2, 0.25) is 0 Å². The normalized spacial score (nSPS) is 30.3. The van der Waals surface area contributed by atoms with Gasteiger partial charge in [0.05, 0.1) is 0 Å². The molecule has 2 fully saturated rings. The molecule has 4 heteroatoms. The summed E-state index contributed by atoms with van der Waals surface area (Å²) in [6, 6.07) is -0.208. The van der Waals surface area contributed by atoms with Crippen LogP contribution in [-0.2, 0) is 4.79 Å². The summed E-state index contributed by atoms with van der Waals surface area (Å²) in [5.74, 6) is 2.01. The van der Waals surface area contributed by atoms with E-state index in [0.29, 0.717) is 5.92 Å². The van der Waals surface area contributed by atoms with Gasteiger partial charge in [0, 0.05) is 0 Å². The highest BCUT2D eigenvalue weighted by Gasteiger charge is 2.35. The number of carbonyl (C=O) groups is 1. The van der Waals surface area contributed by atoms with Crippen molar-refractivity contribution in [2.45, 2.75) is 31.7 Å². The monoisotopic (exact) mass is 229 g/mol. The smallest absolute Gasteiger partial charge is 0.321 e. The first kappa shape index (κ1) is 11.3. The lowest BCUT2D eigenvalue weighted by Crippen LogP contribution is -2.46. The molecule has 2 heterocycles. The molecule has 0 radical (unpaired) electrons. The molecule has 3 nitrogen and oxygen atoms in total. The molecule has 1 N–H and O–H groups in total. The summed E-state index contributed by atoms with van der Waals surface area (Å²) in [5, 5.41) is 9.33. The molecule has 0 aromatic carbocycles. The minimum absolute atomic E-state index is 0.208. The Hall–Kier alpha value is -0.220. The number of carboxylic acid groups (broad SMARTS) is 1. The molecule has 2 atom stereocenters. The first-order valence-corrected chi connectivity index (χ1v) is 6.99. The van der Waals surface area contributed by atoms with E-state index in [-0.39, 0.29) is 6.04 Å². The van der Waals surface area contributed by atoms with Gasteiger partial charge in [-0.1, -0.05) is 0 Å². The van der Waals surface area contributed by atoms with Crippen molar-refractivity contribution < 1.29 is 9.90 Å². The van der Waals surface area contributed by atoms with Gasteiger partial charge in [0.1, 0.15) is 6.04 Å². The van der Waals surface area contributed by atoms with Gasteiger partial charge in [-0.05, 0) is 56.2 Å². The van der Waals surface area contributed by atoms with Gasteiger partial charge in [0.25, 0.3) is 0 Å². The summed E-state index contributed by atoms with van der Waals surface area (Å²) in [6.07, 6.45) is 4.63. The van der Waals surface area contributed by atoms with Crippen molar-refractivity contribution in [2.75, 3.05) is 24.6 Å². The molecule has 2 unspecified atom stereocenters. The van der Waals surface area contributed by atoms with Crippen molar-refractivity contribution in [3.05, 3.63) is 0 Å². The Morgan fingerprint density at radius 3 is 2.60 bits per heavy atom. The Kier molecular flexibility index (Phi) is 3.92. The first-order chi connectivity index (χ1) is 7.29. The first-order valence-electron chi connectivity index (χ1n) is 5.83. The van der Waals surface area contributed by atoms with Gasteiger partial charge in [-0.2, -0.15) is 11.8 Å². The third-order valence-electron chi connectivity index (χ3n) is 3.43. The maximum Gasteiger partial charge on any atom is 0.321 e. The maximum absolute atomic E-state index is 11.3. The molecule has 0 saturated carbocycles. The van der Waals surface area contributed by atoms with Gasteiger partial charge in [0.15, 0.2) is 0 Å². The van der Waals surface area contributed by atoms with Crippen molar-refractivity contribution in [1.29, 1.82) is 0 Å². The standard InChI is InChI=1S/C11H19NO2S/c13-11(14)10(12-5-1-2-6-12)9-4-3-7-15-8-9/h9-10H,1-8H2,(H,13,14). The van der Waals surface area contributed by atoms with Crippen molar-refractivity contribution in [3.63, 3.8) is 0 Å². The third kappa shape index (κ3) is 2.67. The summed E-state index contributed by atoms with van der Waals surface area (Å²) in [7, 11) is 0. The number of likely N-dealkylation sites (tertiary alicyclic amines) is 1. The molecule has 2 aliphatic heterocycles. The van der Waals surface area contributed by atoms with E-state index < -0.39 is 5.97 Å². The Morgan fingerprint density at radius 2 is 2.07 bits per heavy atom. The molecule has 0 aliphatic carbocycles. The van der Waals surface area contributed by atoms with E-state index in [1.54, 1.807) is 0 Å². The minimum atomic E-state index is -0.607. The lowest BCUT2D eigenvalue weighted by Gasteiger charge is -2.33. The van der Waals surface area contributed by atoms with Crippen LogP contribution in [0.15, 0.2) is 0 Å². The molecular weight excluding hydrogens is 210 g/mol. The number of hydrogen-bond acceptors (Lipinski definition) is 3. The van der Waals surface area contributed by atoms with Gasteiger partial charge in [-0.15, -0.1) is 0 Å². The SMILES string of the molecule is O=C(O)C(C1CCCSC1)N1CCCC1. The van der Waals surface area contributed by atoms with Crippen LogP contribution in [-0.4, -0.2) is 46.6 Å². The summed E-state index contributed by atoms with van der Waals surface area (Å²) >= 11 is 1.92. The van der Waals surface area contributed by atoms with E-state index in [0.717, 1.165) is 25.3 Å². The van der Waals surface area contributed by atoms with Crippen LogP contribution in [0.1, 0.15) is 25.7 Å². The zero-order chi connectivity index (χ0) is 10.7. The molecule has 2 saturated heterocycles. The predicted octanol–water partition coefficient (Wildman–Crippen LogP) is 1.68. The largest absolute Gasteiger partial charge is 0.480 e. The van der Waals surface area contributed by atoms with Crippen LogP contribution in [0.2, 0.25) is 0 Å². The molecule has 0 bridgehead atoms. The van der Waals surface area contributed by atoms with Gasteiger partial charge < -0.3 is 5.11 Å². The zero-order valence-electron chi connectivity index (χ0n) is 9.02. The Morgan fingerprint density at radius 1 is 1.33 bits per heavy atom. The van der Waals surface area contributed by atoms with Crippen LogP contribution >= 0.6 is 11.8 Å². The average molecular weight is 229 g/mol. The molecular formula is C11H19NO2S. The second-order valence-electron chi connectivity index (χ2n) is 4.50. The summed E-state index contributed by atoms with van der Waals surface area (Å²) in [4.78, 5) is 13.5. The van der Waals surface area contributed by atoms with Crippen LogP contribution in [0.4, 0.5) is 0 Å². The summed E-state index contributed by atoms with van der Waals surface area (Å²) in [5.41, 5.74) is 0. The van der Waals surface area contributed by atoms with Crippen molar-refractivity contribution in [3.8, 4) is 0 Å². The Balaban J connectivity index is 2.00. The molecule has 2 rings (SSSR count). The lowest BCUT2D eigenvalue weighted by molar-refractivity contribution is -0.144. The van der Waals surface area contributed by atoms with Crippen molar-refractivity contribution >= 4 is 17.7 Å². The van der Waals surface area contributed by atoms with Gasteiger partial charge >= 0.3 is 5.97 Å². The van der Waals surface area contributed by atoms with E-state index >= 15 is 0 Å². The van der Waals surface area contributed by atoms with E-state index in [9.17, 15) is 9.90 Å². The highest BCUT2D eigenvalue weighted by atomic mass is 32.2. The van der Waals surface area contributed by atoms with Crippen LogP contribution in [0, 0.1) is 5.92 Å². The van der Waals surface area contributed by atoms with E-state index in [4.69, 9.17) is 0 Å². The number of aliphatic carboxylic acids is 1. The van der Waals surface area contributed by atoms with E-state index in [1.807, 2.05) is 11.8 Å². The average Bonchev–Trinajstić information content (AvgIpc) is 2.72. The lowest BCUT2D eigenvalue weighted by atomic mass is 9.95. The number of nitrogens with zero attached hydrogens (tertiary/aromatic N) is 1. The predicted molar refractivity (Wildman–Crippen MR) is 62.3 cm³/mol. The molecule has 0 aromatic heterocycles. The molecule has 86 valence electrons. The fourth-order valence-electron chi connectivity index (χ4n) is 2.69. The van der Waals surface area contributed by atoms with Crippen LogP contribution in [0.3, 0.4) is 0 Å². The third-order valence-corrected chi connectivity index (χ3v) is 4.67. The molecule has 0 amide bonds. The topological polar surface area (TPSA) is 40.5 Å². The fraction of sp³-hybridized carbons (Fsp3) is 0.909. The molecule has 2 aliphatic rings. The number of thioether (sulfide) groups is 1. The Bertz CT molecular complexity index is 223. The van der Waals surface area contributed by atoms with E-state index in [1.165, 1.54) is 25.0 Å². The number of hydrogen-bond donors (Lipinski definition) is 1. The van der Waals surface area contributed by atoms with Crippen LogP contribution < -0.4 is 0 Å². The molecule has 0 spiro atoms. The maximum atomic E-state index is 11.3. The summed E-state index contributed by atoms with van der Waals surface area (Å²) < 4.78 is 0. The Labute approximate surface area is 95.2 Å². The van der Waals surface area contributed by atoms with Crippen LogP contribution in [0.25, 0.3) is 0 Å². The van der Waals surface area contributed by atoms with Crippen molar-refractivity contribution in [1.82, 2.24) is 4.90 Å². The zero-order valence-corrected chi connectivity index (χ0v) is 9.84. The quantitative estimate of drug-likeness (QED) is 0.799. The van der Waals surface area contributed by atoms with Crippen molar-refractivity contribution in [2.24, 2.45) is 5.92 Å². The van der Waals surface area contributed by atoms with E-state index in [2.05, 4.69) is 4.90 Å². The summed E-state index contributed by atoms with van der Waals surface area (Å²) in [6.45, 7) is 1.97. The van der Waals surface area contributed by atoms with Gasteiger partial charge in [-0.3, -0.25) is 9.69 Å². The molecule has 0 aromatic rings. The minimum Gasteiger partial charge on any atom is -0.480 e. The van der Waals surface area contributed by atoms with Crippen LogP contribution in [0.5, 0.6) is 0 Å². The second-order valence-corrected chi connectivity index (χ2v) is 5.65. The highest BCUT2D eigenvalue weighted by molar-refractivity contribution is 7.99. The molecule has 15 heavy (non-hydrogen) atoms. The number of rotatable bonds is 3. The number of carboxylic acids is 1. The fourth-order valence-corrected chi connectivity index (χ4v) is 3.88. The second kappa shape index (κ2) is 5.21. The highest BCUT2D eigenvalue weighted by Crippen LogP contribution is 2.29.